The fraction of sp³-hybridized carbons (Fsp3) is 0.0476. The van der Waals surface area contributed by atoms with Crippen LogP contribution in [0, 0.1) is 6.92 Å². The summed E-state index contributed by atoms with van der Waals surface area (Å²) in [6.07, 6.45) is 0. The Morgan fingerprint density at radius 1 is 0.857 bits per heavy atom. The Bertz CT molecular complexity index is 1220. The lowest BCUT2D eigenvalue weighted by Crippen LogP contribution is -2.13. The van der Waals surface area contributed by atoms with Crippen LogP contribution in [-0.2, 0) is 10.0 Å². The maximum atomic E-state index is 12.8. The van der Waals surface area contributed by atoms with Gasteiger partial charge in [-0.15, -0.1) is 0 Å². The molecule has 0 aliphatic heterocycles. The van der Waals surface area contributed by atoms with Crippen LogP contribution in [0.2, 0.25) is 0 Å². The number of hydrogen-bond acceptors (Lipinski definition) is 5. The van der Waals surface area contributed by atoms with Gasteiger partial charge in [0, 0.05) is 11.1 Å². The highest BCUT2D eigenvalue weighted by Crippen LogP contribution is 2.25. The third-order valence-corrected chi connectivity index (χ3v) is 5.60. The number of hydrogen-bond donors (Lipinski definition) is 1. The summed E-state index contributed by atoms with van der Waals surface area (Å²) in [6, 6.07) is 23.1. The molecular formula is C21H17N3O3S. The molecule has 0 bridgehead atoms. The number of sulfonamides is 1. The zero-order chi connectivity index (χ0) is 19.6. The molecule has 1 N–H and O–H groups in total. The minimum atomic E-state index is -3.75. The van der Waals surface area contributed by atoms with E-state index in [-0.39, 0.29) is 10.8 Å². The zero-order valence-corrected chi connectivity index (χ0v) is 15.8. The van der Waals surface area contributed by atoms with Crippen LogP contribution < -0.4 is 4.72 Å². The summed E-state index contributed by atoms with van der Waals surface area (Å²) in [5.41, 5.74) is 2.73. The topological polar surface area (TPSA) is 85.1 Å². The maximum absolute atomic E-state index is 12.8. The second-order valence-electron chi connectivity index (χ2n) is 6.24. The minimum absolute atomic E-state index is 0.118. The van der Waals surface area contributed by atoms with Gasteiger partial charge in [-0.3, -0.25) is 4.72 Å². The monoisotopic (exact) mass is 391 g/mol. The van der Waals surface area contributed by atoms with Gasteiger partial charge in [0.1, 0.15) is 0 Å². The zero-order valence-electron chi connectivity index (χ0n) is 15.0. The molecular weight excluding hydrogens is 374 g/mol. The number of nitrogens with one attached hydrogen (secondary N) is 1. The van der Waals surface area contributed by atoms with E-state index in [9.17, 15) is 8.42 Å². The van der Waals surface area contributed by atoms with Crippen molar-refractivity contribution in [3.8, 4) is 22.8 Å². The average molecular weight is 391 g/mol. The molecule has 0 saturated heterocycles. The van der Waals surface area contributed by atoms with Crippen LogP contribution in [0.1, 0.15) is 5.56 Å². The second kappa shape index (κ2) is 7.28. The lowest BCUT2D eigenvalue weighted by atomic mass is 10.2. The van der Waals surface area contributed by atoms with Crippen LogP contribution >= 0.6 is 0 Å². The van der Waals surface area contributed by atoms with Gasteiger partial charge in [-0.1, -0.05) is 59.8 Å². The molecule has 6 nitrogen and oxygen atoms in total. The number of benzene rings is 3. The summed E-state index contributed by atoms with van der Waals surface area (Å²) in [5.74, 6) is 0.702. The van der Waals surface area contributed by atoms with Gasteiger partial charge in [-0.05, 0) is 36.8 Å². The smallest absolute Gasteiger partial charge is 0.261 e. The predicted molar refractivity (Wildman–Crippen MR) is 107 cm³/mol. The van der Waals surface area contributed by atoms with E-state index in [0.717, 1.165) is 11.1 Å². The first-order valence-corrected chi connectivity index (χ1v) is 10.1. The molecule has 3 aromatic carbocycles. The Hall–Kier alpha value is -3.45. The highest BCUT2D eigenvalue weighted by atomic mass is 32.2. The van der Waals surface area contributed by atoms with Gasteiger partial charge >= 0.3 is 0 Å². The van der Waals surface area contributed by atoms with Crippen molar-refractivity contribution in [3.05, 3.63) is 84.4 Å². The van der Waals surface area contributed by atoms with Gasteiger partial charge in [-0.25, -0.2) is 8.42 Å². The quantitative estimate of drug-likeness (QED) is 0.541. The first-order valence-electron chi connectivity index (χ1n) is 8.61. The van der Waals surface area contributed by atoms with Crippen molar-refractivity contribution in [3.63, 3.8) is 0 Å². The van der Waals surface area contributed by atoms with E-state index < -0.39 is 10.0 Å². The summed E-state index contributed by atoms with van der Waals surface area (Å²) < 4.78 is 33.5. The van der Waals surface area contributed by atoms with Crippen molar-refractivity contribution in [1.29, 1.82) is 0 Å². The number of rotatable bonds is 5. The first kappa shape index (κ1) is 17.9. The standard InChI is InChI=1S/C21H17N3O3S/c1-15-8-5-6-13-19(15)24-28(25,26)18-12-7-11-17(14-18)21-22-20(23-27-21)16-9-3-2-4-10-16/h2-14,24H,1H3. The third kappa shape index (κ3) is 3.65. The molecule has 0 spiro atoms. The van der Waals surface area contributed by atoms with Gasteiger partial charge in [-0.2, -0.15) is 4.98 Å². The molecule has 4 rings (SSSR count). The van der Waals surface area contributed by atoms with Crippen molar-refractivity contribution >= 4 is 15.7 Å². The number of para-hydroxylation sites is 1. The van der Waals surface area contributed by atoms with E-state index in [1.54, 1.807) is 24.3 Å². The van der Waals surface area contributed by atoms with Crippen molar-refractivity contribution in [2.24, 2.45) is 0 Å². The molecule has 0 aliphatic carbocycles. The Balaban J connectivity index is 1.65. The van der Waals surface area contributed by atoms with Crippen LogP contribution in [0.3, 0.4) is 0 Å². The van der Waals surface area contributed by atoms with Crippen molar-refractivity contribution in [1.82, 2.24) is 10.1 Å². The molecule has 140 valence electrons. The predicted octanol–water partition coefficient (Wildman–Crippen LogP) is 4.51. The van der Waals surface area contributed by atoms with Gasteiger partial charge in [0.15, 0.2) is 0 Å². The number of aromatic nitrogens is 2. The third-order valence-electron chi connectivity index (χ3n) is 4.24. The number of aryl methyl sites for hydroxylation is 1. The SMILES string of the molecule is Cc1ccccc1NS(=O)(=O)c1cccc(-c2nc(-c3ccccc3)no2)c1. The molecule has 0 amide bonds. The summed E-state index contributed by atoms with van der Waals surface area (Å²) in [7, 11) is -3.75. The van der Waals surface area contributed by atoms with Crippen molar-refractivity contribution in [2.45, 2.75) is 11.8 Å². The van der Waals surface area contributed by atoms with Gasteiger partial charge in [0.2, 0.25) is 5.82 Å². The fourth-order valence-electron chi connectivity index (χ4n) is 2.73. The first-order chi connectivity index (χ1) is 13.5. The number of anilines is 1. The highest BCUT2D eigenvalue weighted by Gasteiger charge is 2.18. The second-order valence-corrected chi connectivity index (χ2v) is 7.92. The molecule has 7 heteroatoms. The molecule has 28 heavy (non-hydrogen) atoms. The molecule has 4 aromatic rings. The van der Waals surface area contributed by atoms with E-state index in [1.165, 1.54) is 12.1 Å². The molecule has 1 aromatic heterocycles. The van der Waals surface area contributed by atoms with Crippen molar-refractivity contribution < 1.29 is 12.9 Å². The lowest BCUT2D eigenvalue weighted by Gasteiger charge is -2.10. The van der Waals surface area contributed by atoms with Crippen LogP contribution in [0.25, 0.3) is 22.8 Å². The molecule has 1 heterocycles. The molecule has 0 fully saturated rings. The molecule has 0 radical (unpaired) electrons. The molecule has 0 aliphatic rings. The Labute approximate surface area is 162 Å². The van der Waals surface area contributed by atoms with Gasteiger partial charge in [0.05, 0.1) is 10.6 Å². The Kier molecular flexibility index (Phi) is 4.67. The summed E-state index contributed by atoms with van der Waals surface area (Å²) in [4.78, 5) is 4.50. The van der Waals surface area contributed by atoms with Crippen LogP contribution in [-0.4, -0.2) is 18.6 Å². The summed E-state index contributed by atoms with van der Waals surface area (Å²) >= 11 is 0. The Morgan fingerprint density at radius 2 is 1.57 bits per heavy atom. The molecule has 0 saturated carbocycles. The van der Waals surface area contributed by atoms with Gasteiger partial charge < -0.3 is 4.52 Å². The largest absolute Gasteiger partial charge is 0.334 e. The van der Waals surface area contributed by atoms with E-state index in [4.69, 9.17) is 4.52 Å². The maximum Gasteiger partial charge on any atom is 0.261 e. The Morgan fingerprint density at radius 3 is 2.36 bits per heavy atom. The van der Waals surface area contributed by atoms with E-state index in [2.05, 4.69) is 14.9 Å². The fourth-order valence-corrected chi connectivity index (χ4v) is 3.91. The van der Waals surface area contributed by atoms with Gasteiger partial charge in [0.25, 0.3) is 15.9 Å². The van der Waals surface area contributed by atoms with Crippen LogP contribution in [0.15, 0.2) is 88.3 Å². The average Bonchev–Trinajstić information content (AvgIpc) is 3.21. The van der Waals surface area contributed by atoms with E-state index in [0.29, 0.717) is 17.1 Å². The lowest BCUT2D eigenvalue weighted by molar-refractivity contribution is 0.432. The molecule has 0 unspecified atom stereocenters. The van der Waals surface area contributed by atoms with Crippen molar-refractivity contribution in [2.75, 3.05) is 4.72 Å². The van der Waals surface area contributed by atoms with E-state index in [1.807, 2.05) is 49.4 Å². The minimum Gasteiger partial charge on any atom is -0.334 e. The summed E-state index contributed by atoms with van der Waals surface area (Å²) in [5, 5.41) is 3.98. The number of nitrogens with zero attached hydrogens (tertiary/aromatic N) is 2. The molecule has 0 atom stereocenters. The normalized spacial score (nSPS) is 11.3. The highest BCUT2D eigenvalue weighted by molar-refractivity contribution is 7.92. The van der Waals surface area contributed by atoms with Crippen LogP contribution in [0.5, 0.6) is 0 Å². The van der Waals surface area contributed by atoms with E-state index >= 15 is 0 Å². The van der Waals surface area contributed by atoms with Crippen LogP contribution in [0.4, 0.5) is 5.69 Å². The summed E-state index contributed by atoms with van der Waals surface area (Å²) in [6.45, 7) is 1.85.